The van der Waals surface area contributed by atoms with Crippen molar-refractivity contribution in [2.24, 2.45) is 0 Å². The molecule has 0 saturated carbocycles. The van der Waals surface area contributed by atoms with Crippen molar-refractivity contribution in [1.29, 1.82) is 0 Å². The van der Waals surface area contributed by atoms with Gasteiger partial charge in [-0.25, -0.2) is 0 Å². The Morgan fingerprint density at radius 3 is 2.45 bits per heavy atom. The summed E-state index contributed by atoms with van der Waals surface area (Å²) in [6.07, 6.45) is 0. The van der Waals surface area contributed by atoms with Crippen molar-refractivity contribution in [3.63, 3.8) is 0 Å². The smallest absolute Gasteiger partial charge is 0.236 e. The third-order valence-corrected chi connectivity index (χ3v) is 3.64. The van der Waals surface area contributed by atoms with E-state index in [0.717, 1.165) is 38.3 Å². The fourth-order valence-electron chi connectivity index (χ4n) is 2.35. The van der Waals surface area contributed by atoms with Crippen LogP contribution in [-0.2, 0) is 11.3 Å². The van der Waals surface area contributed by atoms with Crippen LogP contribution in [0.3, 0.4) is 0 Å². The molecule has 1 N–H and O–H groups in total. The first kappa shape index (κ1) is 14.8. The number of likely N-dealkylation sites (N-methyl/N-ethyl adjacent to an activating group) is 1. The zero-order valence-corrected chi connectivity index (χ0v) is 12.2. The fraction of sp³-hybridized carbons (Fsp3) is 0.533. The number of carbonyl (C=O) groups excluding carboxylic acids is 1. The highest BCUT2D eigenvalue weighted by Crippen LogP contribution is 2.14. The van der Waals surface area contributed by atoms with Crippen molar-refractivity contribution in [2.75, 3.05) is 46.8 Å². The first-order valence-corrected chi connectivity index (χ1v) is 6.97. The van der Waals surface area contributed by atoms with Crippen molar-refractivity contribution in [3.8, 4) is 5.75 Å². The van der Waals surface area contributed by atoms with Crippen molar-refractivity contribution in [2.45, 2.75) is 6.54 Å². The van der Waals surface area contributed by atoms with Crippen LogP contribution in [0.1, 0.15) is 5.56 Å². The van der Waals surface area contributed by atoms with Crippen LogP contribution in [0.15, 0.2) is 24.3 Å². The molecular formula is C15H23N3O2. The van der Waals surface area contributed by atoms with E-state index in [2.05, 4.69) is 9.80 Å². The van der Waals surface area contributed by atoms with E-state index >= 15 is 0 Å². The third kappa shape index (κ3) is 4.21. The highest BCUT2D eigenvalue weighted by Gasteiger charge is 2.19. The van der Waals surface area contributed by atoms with Gasteiger partial charge < -0.3 is 10.0 Å². The number of phenols is 1. The summed E-state index contributed by atoms with van der Waals surface area (Å²) in [4.78, 5) is 17.9. The lowest BCUT2D eigenvalue weighted by atomic mass is 10.2. The Balaban J connectivity index is 1.78. The van der Waals surface area contributed by atoms with Gasteiger partial charge >= 0.3 is 0 Å². The van der Waals surface area contributed by atoms with Gasteiger partial charge in [0, 0.05) is 46.8 Å². The lowest BCUT2D eigenvalue weighted by molar-refractivity contribution is -0.130. The van der Waals surface area contributed by atoms with E-state index in [-0.39, 0.29) is 5.91 Å². The molecular weight excluding hydrogens is 254 g/mol. The molecule has 0 atom stereocenters. The van der Waals surface area contributed by atoms with Gasteiger partial charge in [0.15, 0.2) is 0 Å². The predicted octanol–water partition coefficient (Wildman–Crippen LogP) is 0.598. The van der Waals surface area contributed by atoms with E-state index in [0.29, 0.717) is 12.3 Å². The summed E-state index contributed by atoms with van der Waals surface area (Å²) in [5, 5.41) is 9.47. The highest BCUT2D eigenvalue weighted by atomic mass is 16.3. The molecule has 5 heteroatoms. The lowest BCUT2D eigenvalue weighted by Gasteiger charge is -2.34. The molecule has 1 fully saturated rings. The van der Waals surface area contributed by atoms with Crippen LogP contribution in [0, 0.1) is 0 Å². The van der Waals surface area contributed by atoms with Crippen molar-refractivity contribution in [3.05, 3.63) is 29.8 Å². The van der Waals surface area contributed by atoms with Gasteiger partial charge in [-0.2, -0.15) is 0 Å². The largest absolute Gasteiger partial charge is 0.508 e. The number of nitrogens with zero attached hydrogens (tertiary/aromatic N) is 3. The molecule has 1 aliphatic heterocycles. The number of carbonyl (C=O) groups is 1. The Morgan fingerprint density at radius 2 is 1.85 bits per heavy atom. The van der Waals surface area contributed by atoms with Gasteiger partial charge in [-0.1, -0.05) is 12.1 Å². The first-order chi connectivity index (χ1) is 9.54. The predicted molar refractivity (Wildman–Crippen MR) is 78.5 cm³/mol. The van der Waals surface area contributed by atoms with Gasteiger partial charge in [0.2, 0.25) is 5.91 Å². The summed E-state index contributed by atoms with van der Waals surface area (Å²) in [7, 11) is 3.58. The zero-order chi connectivity index (χ0) is 14.5. The second-order valence-corrected chi connectivity index (χ2v) is 5.51. The topological polar surface area (TPSA) is 47.0 Å². The minimum Gasteiger partial charge on any atom is -0.508 e. The SMILES string of the molecule is CN(C)C(=O)CN1CCN(Cc2cccc(O)c2)CC1. The van der Waals surface area contributed by atoms with Crippen molar-refractivity contribution < 1.29 is 9.90 Å². The molecule has 0 unspecified atom stereocenters. The second kappa shape index (κ2) is 6.72. The molecule has 5 nitrogen and oxygen atoms in total. The van der Waals surface area contributed by atoms with E-state index in [1.807, 2.05) is 18.2 Å². The minimum absolute atomic E-state index is 0.159. The standard InChI is InChI=1S/C15H23N3O2/c1-16(2)15(20)12-18-8-6-17(7-9-18)11-13-4-3-5-14(19)10-13/h3-5,10,19H,6-9,11-12H2,1-2H3. The Labute approximate surface area is 120 Å². The van der Waals surface area contributed by atoms with Crippen LogP contribution in [0.2, 0.25) is 0 Å². The maximum Gasteiger partial charge on any atom is 0.236 e. The summed E-state index contributed by atoms with van der Waals surface area (Å²) in [5.41, 5.74) is 1.13. The number of amides is 1. The number of phenolic OH excluding ortho intramolecular Hbond substituents is 1. The van der Waals surface area contributed by atoms with Gasteiger partial charge in [0.05, 0.1) is 6.54 Å². The molecule has 0 spiro atoms. The molecule has 110 valence electrons. The zero-order valence-electron chi connectivity index (χ0n) is 12.2. The van der Waals surface area contributed by atoms with E-state index in [1.54, 1.807) is 25.1 Å². The van der Waals surface area contributed by atoms with Crippen molar-refractivity contribution in [1.82, 2.24) is 14.7 Å². The Morgan fingerprint density at radius 1 is 1.20 bits per heavy atom. The number of aromatic hydroxyl groups is 1. The monoisotopic (exact) mass is 277 g/mol. The molecule has 0 bridgehead atoms. The maximum absolute atomic E-state index is 11.7. The van der Waals surface area contributed by atoms with Crippen LogP contribution in [0.25, 0.3) is 0 Å². The molecule has 20 heavy (non-hydrogen) atoms. The first-order valence-electron chi connectivity index (χ1n) is 6.97. The average molecular weight is 277 g/mol. The number of hydrogen-bond acceptors (Lipinski definition) is 4. The number of piperazine rings is 1. The normalized spacial score (nSPS) is 17.1. The van der Waals surface area contributed by atoms with E-state index in [4.69, 9.17) is 0 Å². The molecule has 1 aromatic carbocycles. The average Bonchev–Trinajstić information content (AvgIpc) is 2.41. The van der Waals surface area contributed by atoms with Crippen LogP contribution in [0.4, 0.5) is 0 Å². The molecule has 0 aromatic heterocycles. The third-order valence-electron chi connectivity index (χ3n) is 3.64. The van der Waals surface area contributed by atoms with Crippen LogP contribution in [0.5, 0.6) is 5.75 Å². The summed E-state index contributed by atoms with van der Waals surface area (Å²) in [6.45, 7) is 5.10. The van der Waals surface area contributed by atoms with Crippen molar-refractivity contribution >= 4 is 5.91 Å². The van der Waals surface area contributed by atoms with Crippen LogP contribution in [-0.4, -0.2) is 72.5 Å². The van der Waals surface area contributed by atoms with Gasteiger partial charge in [-0.3, -0.25) is 14.6 Å². The van der Waals surface area contributed by atoms with Gasteiger partial charge in [0.25, 0.3) is 0 Å². The number of hydrogen-bond donors (Lipinski definition) is 1. The van der Waals surface area contributed by atoms with Crippen LogP contribution >= 0.6 is 0 Å². The van der Waals surface area contributed by atoms with Gasteiger partial charge in [-0.15, -0.1) is 0 Å². The molecule has 1 aromatic rings. The summed E-state index contributed by atoms with van der Waals surface area (Å²) >= 11 is 0. The van der Waals surface area contributed by atoms with E-state index < -0.39 is 0 Å². The number of benzene rings is 1. The molecule has 2 rings (SSSR count). The van der Waals surface area contributed by atoms with Gasteiger partial charge in [0.1, 0.15) is 5.75 Å². The summed E-state index contributed by atoms with van der Waals surface area (Å²) < 4.78 is 0. The Hall–Kier alpha value is -1.59. The van der Waals surface area contributed by atoms with Gasteiger partial charge in [-0.05, 0) is 17.7 Å². The Kier molecular flexibility index (Phi) is 4.98. The van der Waals surface area contributed by atoms with Crippen LogP contribution < -0.4 is 0 Å². The second-order valence-electron chi connectivity index (χ2n) is 5.51. The number of rotatable bonds is 4. The maximum atomic E-state index is 11.7. The fourth-order valence-corrected chi connectivity index (χ4v) is 2.35. The van der Waals surface area contributed by atoms with E-state index in [1.165, 1.54) is 0 Å². The Bertz CT molecular complexity index is 454. The van der Waals surface area contributed by atoms with E-state index in [9.17, 15) is 9.90 Å². The highest BCUT2D eigenvalue weighted by molar-refractivity contribution is 5.77. The molecule has 1 amide bonds. The molecule has 1 aliphatic rings. The summed E-state index contributed by atoms with van der Waals surface area (Å²) in [6, 6.07) is 7.40. The molecule has 1 saturated heterocycles. The summed E-state index contributed by atoms with van der Waals surface area (Å²) in [5.74, 6) is 0.476. The molecule has 0 aliphatic carbocycles. The molecule has 0 radical (unpaired) electrons. The minimum atomic E-state index is 0.159. The molecule has 1 heterocycles. The lowest BCUT2D eigenvalue weighted by Crippen LogP contribution is -2.48. The quantitative estimate of drug-likeness (QED) is 0.875.